The second-order valence-corrected chi connectivity index (χ2v) is 2.57. The van der Waals surface area contributed by atoms with Crippen molar-refractivity contribution in [2.24, 2.45) is 5.73 Å². The summed E-state index contributed by atoms with van der Waals surface area (Å²) in [6.07, 6.45) is 1.91. The van der Waals surface area contributed by atoms with Crippen molar-refractivity contribution >= 4 is 5.97 Å². The van der Waals surface area contributed by atoms with Crippen LogP contribution in [0.25, 0.3) is 0 Å². The van der Waals surface area contributed by atoms with E-state index in [1.807, 2.05) is 0 Å². The smallest absolute Gasteiger partial charge is 0.320 e. The van der Waals surface area contributed by atoms with Crippen LogP contribution in [0.2, 0.25) is 0 Å². The lowest BCUT2D eigenvalue weighted by molar-refractivity contribution is -0.138. The quantitative estimate of drug-likeness (QED) is 0.381. The maximum atomic E-state index is 11.5. The van der Waals surface area contributed by atoms with E-state index >= 15 is 0 Å². The molecule has 0 aliphatic heterocycles. The molecule has 72 valence electrons. The average Bonchev–Trinajstić information content (AvgIpc) is 2.03. The Kier molecular flexibility index (Phi) is 6.60. The highest BCUT2D eigenvalue weighted by atomic mass is 19.1. The van der Waals surface area contributed by atoms with E-state index < -0.39 is 18.8 Å². The number of nitrogens with two attached hydrogens (primary N) is 1. The number of carbonyl (C=O) groups is 1. The molecule has 0 aromatic rings. The number of nitrogens with one attached hydrogen (secondary N) is 1. The first kappa shape index (κ1) is 11.3. The number of alkyl halides is 1. The van der Waals surface area contributed by atoms with Gasteiger partial charge in [-0.2, -0.15) is 0 Å². The Bertz CT molecular complexity index is 133. The SMILES string of the molecule is N[C@@H](CCCCNCF)C(=O)O. The fourth-order valence-electron chi connectivity index (χ4n) is 0.805. The van der Waals surface area contributed by atoms with Crippen LogP contribution in [0.5, 0.6) is 0 Å². The molecule has 1 atom stereocenters. The summed E-state index contributed by atoms with van der Waals surface area (Å²) in [6.45, 7) is 0.0355. The molecule has 0 aromatic heterocycles. The van der Waals surface area contributed by atoms with Crippen molar-refractivity contribution < 1.29 is 14.3 Å². The molecular weight excluding hydrogens is 163 g/mol. The summed E-state index contributed by atoms with van der Waals surface area (Å²) < 4.78 is 11.5. The molecule has 0 aliphatic rings. The number of hydrogen-bond donors (Lipinski definition) is 3. The monoisotopic (exact) mass is 178 g/mol. The zero-order chi connectivity index (χ0) is 9.40. The zero-order valence-corrected chi connectivity index (χ0v) is 6.92. The van der Waals surface area contributed by atoms with Gasteiger partial charge in [0, 0.05) is 0 Å². The summed E-state index contributed by atoms with van der Waals surface area (Å²) in [5.74, 6) is -0.978. The van der Waals surface area contributed by atoms with Crippen LogP contribution in [-0.2, 0) is 4.79 Å². The molecule has 0 radical (unpaired) electrons. The normalized spacial score (nSPS) is 12.8. The van der Waals surface area contributed by atoms with Gasteiger partial charge in [-0.1, -0.05) is 6.42 Å². The molecule has 4 nitrogen and oxygen atoms in total. The van der Waals surface area contributed by atoms with Crippen LogP contribution in [0, 0.1) is 0 Å². The molecule has 0 spiro atoms. The zero-order valence-electron chi connectivity index (χ0n) is 6.92. The number of aliphatic carboxylic acids is 1. The number of unbranched alkanes of at least 4 members (excludes halogenated alkanes) is 1. The molecule has 0 heterocycles. The number of carboxylic acids is 1. The van der Waals surface area contributed by atoms with Gasteiger partial charge in [0.05, 0.1) is 0 Å². The second-order valence-electron chi connectivity index (χ2n) is 2.57. The summed E-state index contributed by atoms with van der Waals surface area (Å²) in [5.41, 5.74) is 5.24. The molecule has 0 aliphatic carbocycles. The van der Waals surface area contributed by atoms with Gasteiger partial charge in [-0.25, -0.2) is 4.39 Å². The van der Waals surface area contributed by atoms with Gasteiger partial charge in [-0.15, -0.1) is 0 Å². The van der Waals surface area contributed by atoms with Gasteiger partial charge >= 0.3 is 5.97 Å². The van der Waals surface area contributed by atoms with Gasteiger partial charge < -0.3 is 10.8 Å². The largest absolute Gasteiger partial charge is 0.480 e. The van der Waals surface area contributed by atoms with E-state index in [0.29, 0.717) is 19.4 Å². The maximum Gasteiger partial charge on any atom is 0.320 e. The van der Waals surface area contributed by atoms with E-state index in [0.717, 1.165) is 6.42 Å². The predicted octanol–water partition coefficient (Wildman–Crippen LogP) is 0.0852. The minimum atomic E-state index is -0.978. The van der Waals surface area contributed by atoms with Gasteiger partial charge in [0.15, 0.2) is 0 Å². The fraction of sp³-hybridized carbons (Fsp3) is 0.857. The molecule has 0 saturated heterocycles. The molecule has 12 heavy (non-hydrogen) atoms. The summed E-state index contributed by atoms with van der Waals surface area (Å²) in [5, 5.41) is 10.9. The Balaban J connectivity index is 3.14. The van der Waals surface area contributed by atoms with E-state index in [4.69, 9.17) is 10.8 Å². The summed E-state index contributed by atoms with van der Waals surface area (Å²) in [4.78, 5) is 10.2. The highest BCUT2D eigenvalue weighted by Crippen LogP contribution is 1.97. The van der Waals surface area contributed by atoms with Crippen molar-refractivity contribution in [1.29, 1.82) is 0 Å². The number of rotatable bonds is 7. The van der Waals surface area contributed by atoms with E-state index in [-0.39, 0.29) is 0 Å². The average molecular weight is 178 g/mol. The van der Waals surface area contributed by atoms with Gasteiger partial charge in [-0.05, 0) is 19.4 Å². The molecule has 0 unspecified atom stereocenters. The van der Waals surface area contributed by atoms with Gasteiger partial charge in [0.1, 0.15) is 12.8 Å². The predicted molar refractivity (Wildman–Crippen MR) is 43.4 cm³/mol. The molecule has 0 fully saturated rings. The summed E-state index contributed by atoms with van der Waals surface area (Å²) in [7, 11) is 0. The molecule has 0 aromatic carbocycles. The Hall–Kier alpha value is -0.680. The van der Waals surface area contributed by atoms with Crippen molar-refractivity contribution in [1.82, 2.24) is 5.32 Å². The van der Waals surface area contributed by atoms with E-state index in [1.54, 1.807) is 0 Å². The van der Waals surface area contributed by atoms with Crippen LogP contribution in [-0.4, -0.2) is 30.5 Å². The standard InChI is InChI=1S/C7H15FN2O2/c8-5-10-4-2-1-3-6(9)7(11)12/h6,10H,1-5,9H2,(H,11,12)/t6-/m0/s1. The molecule has 0 bridgehead atoms. The Morgan fingerprint density at radius 1 is 1.58 bits per heavy atom. The third-order valence-corrected chi connectivity index (χ3v) is 1.53. The minimum absolute atomic E-state index is 0.448. The van der Waals surface area contributed by atoms with Crippen LogP contribution in [0.3, 0.4) is 0 Å². The summed E-state index contributed by atoms with van der Waals surface area (Å²) >= 11 is 0. The van der Waals surface area contributed by atoms with Crippen LogP contribution in [0.15, 0.2) is 0 Å². The second kappa shape index (κ2) is 7.00. The van der Waals surface area contributed by atoms with Crippen LogP contribution >= 0.6 is 0 Å². The number of hydrogen-bond acceptors (Lipinski definition) is 3. The lowest BCUT2D eigenvalue weighted by Crippen LogP contribution is -2.30. The third-order valence-electron chi connectivity index (χ3n) is 1.53. The Labute approximate surface area is 70.9 Å². The minimum Gasteiger partial charge on any atom is -0.480 e. The molecule has 5 heteroatoms. The van der Waals surface area contributed by atoms with Crippen LogP contribution < -0.4 is 11.1 Å². The van der Waals surface area contributed by atoms with Crippen LogP contribution in [0.4, 0.5) is 4.39 Å². The lowest BCUT2D eigenvalue weighted by Gasteiger charge is -2.05. The first-order valence-electron chi connectivity index (χ1n) is 3.93. The van der Waals surface area contributed by atoms with E-state index in [2.05, 4.69) is 5.32 Å². The van der Waals surface area contributed by atoms with Crippen molar-refractivity contribution in [3.05, 3.63) is 0 Å². The van der Waals surface area contributed by atoms with Crippen molar-refractivity contribution in [3.8, 4) is 0 Å². The molecule has 4 N–H and O–H groups in total. The molecule has 0 amide bonds. The first-order valence-corrected chi connectivity index (χ1v) is 3.93. The van der Waals surface area contributed by atoms with Gasteiger partial charge in [0.25, 0.3) is 0 Å². The van der Waals surface area contributed by atoms with Crippen molar-refractivity contribution in [3.63, 3.8) is 0 Å². The maximum absolute atomic E-state index is 11.5. The first-order chi connectivity index (χ1) is 5.68. The lowest BCUT2D eigenvalue weighted by atomic mass is 10.1. The van der Waals surface area contributed by atoms with E-state index in [9.17, 15) is 9.18 Å². The Morgan fingerprint density at radius 3 is 2.75 bits per heavy atom. The highest BCUT2D eigenvalue weighted by molar-refractivity contribution is 5.72. The van der Waals surface area contributed by atoms with Crippen LogP contribution in [0.1, 0.15) is 19.3 Å². The topological polar surface area (TPSA) is 75.3 Å². The molecule has 0 saturated carbocycles. The highest BCUT2D eigenvalue weighted by Gasteiger charge is 2.09. The molecular formula is C7H15FN2O2. The number of carboxylic acid groups (broad SMARTS) is 1. The fourth-order valence-corrected chi connectivity index (χ4v) is 0.805. The van der Waals surface area contributed by atoms with Gasteiger partial charge in [0.2, 0.25) is 0 Å². The summed E-state index contributed by atoms with van der Waals surface area (Å²) in [6, 6.07) is -0.782. The van der Waals surface area contributed by atoms with Gasteiger partial charge in [-0.3, -0.25) is 10.1 Å². The van der Waals surface area contributed by atoms with E-state index in [1.165, 1.54) is 0 Å². The number of halogens is 1. The van der Waals surface area contributed by atoms with Crippen molar-refractivity contribution in [2.75, 3.05) is 13.3 Å². The van der Waals surface area contributed by atoms with Crippen molar-refractivity contribution in [2.45, 2.75) is 25.3 Å². The third kappa shape index (κ3) is 6.06. The Morgan fingerprint density at radius 2 is 2.25 bits per heavy atom. The molecule has 0 rings (SSSR count).